The number of aliphatic hydroxyl groups is 1. The molecule has 31 heavy (non-hydrogen) atoms. The van der Waals surface area contributed by atoms with E-state index in [9.17, 15) is 14.7 Å². The molecule has 0 aromatic heterocycles. The van der Waals surface area contributed by atoms with E-state index >= 15 is 0 Å². The van der Waals surface area contributed by atoms with Crippen molar-refractivity contribution in [3.8, 4) is 0 Å². The van der Waals surface area contributed by atoms with Crippen LogP contribution < -0.4 is 0 Å². The summed E-state index contributed by atoms with van der Waals surface area (Å²) in [4.78, 5) is 25.6. The number of carbonyl (C=O) groups is 2. The second-order valence-electron chi connectivity index (χ2n) is 12.2. The van der Waals surface area contributed by atoms with E-state index in [0.717, 1.165) is 50.7 Å². The minimum absolute atomic E-state index is 0.0420. The van der Waals surface area contributed by atoms with Gasteiger partial charge in [-0.2, -0.15) is 0 Å². The first-order valence-electron chi connectivity index (χ1n) is 12.3. The first-order valence-corrected chi connectivity index (χ1v) is 12.3. The van der Waals surface area contributed by atoms with Gasteiger partial charge in [0.25, 0.3) is 0 Å². The molecule has 170 valence electrons. The van der Waals surface area contributed by atoms with E-state index < -0.39 is 6.10 Å². The molecule has 4 unspecified atom stereocenters. The Bertz CT molecular complexity index is 881. The predicted octanol–water partition coefficient (Wildman–Crippen LogP) is 4.03. The van der Waals surface area contributed by atoms with Crippen molar-refractivity contribution in [3.63, 3.8) is 0 Å². The minimum atomic E-state index is -0.938. The highest BCUT2D eigenvalue weighted by Gasteiger charge is 2.82. The largest absolute Gasteiger partial charge is 0.492 e. The van der Waals surface area contributed by atoms with Gasteiger partial charge in [0.15, 0.2) is 5.78 Å². The van der Waals surface area contributed by atoms with Gasteiger partial charge in [-0.05, 0) is 79.4 Å². The van der Waals surface area contributed by atoms with Crippen LogP contribution in [0.15, 0.2) is 12.3 Å². The van der Waals surface area contributed by atoms with Crippen LogP contribution in [0.5, 0.6) is 0 Å². The smallest absolute Gasteiger partial charge is 0.308 e. The highest BCUT2D eigenvalue weighted by atomic mass is 16.5. The number of ether oxygens (including phenoxy) is 2. The summed E-state index contributed by atoms with van der Waals surface area (Å²) in [7, 11) is 1.48. The van der Waals surface area contributed by atoms with Gasteiger partial charge in [-0.1, -0.05) is 20.4 Å². The lowest BCUT2D eigenvalue weighted by atomic mass is 9.40. The Hall–Kier alpha value is -1.36. The van der Waals surface area contributed by atoms with E-state index in [1.165, 1.54) is 7.11 Å². The van der Waals surface area contributed by atoms with Crippen molar-refractivity contribution in [2.45, 2.75) is 83.3 Å². The van der Waals surface area contributed by atoms with Crippen LogP contribution in [-0.4, -0.2) is 35.7 Å². The van der Waals surface area contributed by atoms with Crippen molar-refractivity contribution >= 4 is 11.8 Å². The van der Waals surface area contributed by atoms with Crippen molar-refractivity contribution in [1.82, 2.24) is 0 Å². The Balaban J connectivity index is 1.47. The topological polar surface area (TPSA) is 72.8 Å². The number of fused-ring (bicyclic) bond motifs is 4. The van der Waals surface area contributed by atoms with Crippen molar-refractivity contribution < 1.29 is 24.2 Å². The number of esters is 1. The van der Waals surface area contributed by atoms with Gasteiger partial charge in [0, 0.05) is 18.3 Å². The van der Waals surface area contributed by atoms with Crippen LogP contribution in [0.1, 0.15) is 71.6 Å². The average molecular weight is 429 g/mol. The zero-order chi connectivity index (χ0) is 22.0. The van der Waals surface area contributed by atoms with Crippen LogP contribution >= 0.6 is 0 Å². The maximum atomic E-state index is 13.2. The highest BCUT2D eigenvalue weighted by molar-refractivity contribution is 5.84. The van der Waals surface area contributed by atoms with E-state index in [-0.39, 0.29) is 51.4 Å². The summed E-state index contributed by atoms with van der Waals surface area (Å²) >= 11 is 0. The molecule has 1 saturated heterocycles. The van der Waals surface area contributed by atoms with E-state index in [1.807, 2.05) is 0 Å². The zero-order valence-electron chi connectivity index (χ0n) is 19.1. The molecular weight excluding hydrogens is 392 g/mol. The summed E-state index contributed by atoms with van der Waals surface area (Å²) in [6.45, 7) is 8.88. The summed E-state index contributed by atoms with van der Waals surface area (Å²) < 4.78 is 11.9. The standard InChI is InChI=1S/C26H36O5/c1-14-5-9-25(31-14)10-6-17-20-16(22(29)30-4)11-18-21(28)19(27)7-8-23(18,2)26(20)13-15(26)12-24(17,25)3/h15-18,20-21,28H,1,5-13H2,2-4H3/t15-,16+,17?,18?,20?,21-,23?,24-,25-,26-/m0/s1. The molecule has 0 bridgehead atoms. The van der Waals surface area contributed by atoms with Gasteiger partial charge in [-0.3, -0.25) is 9.59 Å². The molecule has 0 amide bonds. The van der Waals surface area contributed by atoms with E-state index in [0.29, 0.717) is 24.7 Å². The number of methoxy groups -OCH3 is 1. The molecular formula is C26H36O5. The molecule has 1 N–H and O–H groups in total. The van der Waals surface area contributed by atoms with E-state index in [2.05, 4.69) is 20.4 Å². The summed E-state index contributed by atoms with van der Waals surface area (Å²) in [5.74, 6) is 1.55. The first kappa shape index (κ1) is 20.3. The molecule has 5 nitrogen and oxygen atoms in total. The zero-order valence-corrected chi connectivity index (χ0v) is 19.1. The molecule has 1 aliphatic heterocycles. The Kier molecular flexibility index (Phi) is 3.89. The molecule has 5 aliphatic carbocycles. The SMILES string of the molecule is C=C1CC[C@@]2(CCC3C4[C@H](C(=O)OC)CC5[C@H](O)C(=O)CCC5(C)[C@]45C[C@@H]5C[C@@]32C)O1. The molecule has 1 heterocycles. The van der Waals surface area contributed by atoms with Gasteiger partial charge in [0.1, 0.15) is 11.7 Å². The van der Waals surface area contributed by atoms with Crippen LogP contribution in [-0.2, 0) is 19.1 Å². The summed E-state index contributed by atoms with van der Waals surface area (Å²) in [6.07, 6.45) is 7.29. The second-order valence-corrected chi connectivity index (χ2v) is 12.2. The molecule has 0 aromatic carbocycles. The third-order valence-electron chi connectivity index (χ3n) is 11.6. The summed E-state index contributed by atoms with van der Waals surface area (Å²) in [5, 5.41) is 10.9. The fraction of sp³-hybridized carbons (Fsp3) is 0.846. The number of allylic oxidation sites excluding steroid dienone is 1. The van der Waals surface area contributed by atoms with Crippen molar-refractivity contribution in [2.24, 2.45) is 45.8 Å². The first-order chi connectivity index (χ1) is 14.6. The van der Waals surface area contributed by atoms with E-state index in [1.54, 1.807) is 0 Å². The number of hydrogen-bond acceptors (Lipinski definition) is 5. The second kappa shape index (κ2) is 5.95. The monoisotopic (exact) mass is 428 g/mol. The Morgan fingerprint density at radius 2 is 1.90 bits per heavy atom. The fourth-order valence-electron chi connectivity index (χ4n) is 10.2. The Morgan fingerprint density at radius 1 is 1.13 bits per heavy atom. The normalized spacial score (nSPS) is 56.9. The molecule has 6 aliphatic rings. The van der Waals surface area contributed by atoms with Gasteiger partial charge in [-0.15, -0.1) is 0 Å². The van der Waals surface area contributed by atoms with Gasteiger partial charge < -0.3 is 14.6 Å². The van der Waals surface area contributed by atoms with Crippen molar-refractivity contribution in [1.29, 1.82) is 0 Å². The van der Waals surface area contributed by atoms with E-state index in [4.69, 9.17) is 9.47 Å². The molecule has 10 atom stereocenters. The van der Waals surface area contributed by atoms with Crippen molar-refractivity contribution in [2.75, 3.05) is 7.11 Å². The van der Waals surface area contributed by atoms with Gasteiger partial charge in [-0.25, -0.2) is 0 Å². The molecule has 0 aromatic rings. The van der Waals surface area contributed by atoms with Crippen LogP contribution in [0.3, 0.4) is 0 Å². The predicted molar refractivity (Wildman–Crippen MR) is 114 cm³/mol. The number of hydrogen-bond donors (Lipinski definition) is 1. The maximum absolute atomic E-state index is 13.2. The van der Waals surface area contributed by atoms with Gasteiger partial charge >= 0.3 is 5.97 Å². The Morgan fingerprint density at radius 3 is 2.58 bits per heavy atom. The molecule has 5 saturated carbocycles. The van der Waals surface area contributed by atoms with Crippen LogP contribution in [0.4, 0.5) is 0 Å². The molecule has 5 heteroatoms. The molecule has 0 radical (unpaired) electrons. The molecule has 6 rings (SSSR count). The van der Waals surface area contributed by atoms with Gasteiger partial charge in [0.2, 0.25) is 0 Å². The number of carbonyl (C=O) groups excluding carboxylic acids is 2. The highest BCUT2D eigenvalue weighted by Crippen LogP contribution is 2.85. The Labute approximate surface area is 184 Å². The number of ketones is 1. The van der Waals surface area contributed by atoms with Crippen LogP contribution in [0.25, 0.3) is 0 Å². The summed E-state index contributed by atoms with van der Waals surface area (Å²) in [6, 6.07) is 0. The lowest BCUT2D eigenvalue weighted by molar-refractivity contribution is -0.204. The minimum Gasteiger partial charge on any atom is -0.492 e. The maximum Gasteiger partial charge on any atom is 0.308 e. The molecule has 2 spiro atoms. The third kappa shape index (κ3) is 2.13. The average Bonchev–Trinajstić information content (AvgIpc) is 3.22. The van der Waals surface area contributed by atoms with Crippen LogP contribution in [0.2, 0.25) is 0 Å². The van der Waals surface area contributed by atoms with Crippen LogP contribution in [0, 0.1) is 45.8 Å². The summed E-state index contributed by atoms with van der Waals surface area (Å²) in [5.41, 5.74) is -0.135. The lowest BCUT2D eigenvalue weighted by Crippen LogP contribution is -2.63. The fourth-order valence-corrected chi connectivity index (χ4v) is 10.2. The molecule has 6 fully saturated rings. The third-order valence-corrected chi connectivity index (χ3v) is 11.6. The van der Waals surface area contributed by atoms with Crippen molar-refractivity contribution in [3.05, 3.63) is 12.3 Å². The quantitative estimate of drug-likeness (QED) is 0.639. The number of Topliss-reactive ketones (excluding diaryl/α,β-unsaturated/α-hetero) is 1. The van der Waals surface area contributed by atoms with Gasteiger partial charge in [0.05, 0.1) is 18.8 Å². The number of rotatable bonds is 1. The lowest BCUT2D eigenvalue weighted by Gasteiger charge is -2.63. The number of aliphatic hydroxyl groups excluding tert-OH is 1.